The van der Waals surface area contributed by atoms with Crippen LogP contribution in [0.3, 0.4) is 0 Å². The summed E-state index contributed by atoms with van der Waals surface area (Å²) < 4.78 is 4.61. The molecule has 0 aliphatic rings. The van der Waals surface area contributed by atoms with Crippen LogP contribution in [0.2, 0.25) is 10.0 Å². The molecule has 0 fully saturated rings. The Morgan fingerprint density at radius 1 is 1.05 bits per heavy atom. The molecule has 0 saturated heterocycles. The zero-order valence-electron chi connectivity index (χ0n) is 11.7. The zero-order valence-corrected chi connectivity index (χ0v) is 13.2. The first-order chi connectivity index (χ1) is 10.5. The average molecular weight is 338 g/mol. The molecule has 0 atom stereocenters. The Morgan fingerprint density at radius 3 is 2.18 bits per heavy atom. The second-order valence-corrected chi connectivity index (χ2v) is 5.31. The maximum atomic E-state index is 12.0. The normalized spacial score (nSPS) is 10.1. The summed E-state index contributed by atoms with van der Waals surface area (Å²) in [5.41, 5.74) is 1.56. The van der Waals surface area contributed by atoms with Crippen molar-refractivity contribution in [3.8, 4) is 0 Å². The second kappa shape index (κ2) is 7.29. The van der Waals surface area contributed by atoms with Crippen LogP contribution in [-0.4, -0.2) is 19.0 Å². The van der Waals surface area contributed by atoms with E-state index in [2.05, 4.69) is 10.1 Å². The third kappa shape index (κ3) is 4.00. The summed E-state index contributed by atoms with van der Waals surface area (Å²) >= 11 is 12.1. The van der Waals surface area contributed by atoms with Crippen molar-refractivity contribution >= 4 is 40.8 Å². The van der Waals surface area contributed by atoms with E-state index in [9.17, 15) is 9.59 Å². The number of halogens is 2. The number of carbonyl (C=O) groups excluding carboxylic acids is 2. The van der Waals surface area contributed by atoms with Crippen LogP contribution in [-0.2, 0) is 16.0 Å². The lowest BCUT2D eigenvalue weighted by atomic mass is 10.1. The van der Waals surface area contributed by atoms with Gasteiger partial charge >= 0.3 is 5.97 Å². The van der Waals surface area contributed by atoms with Crippen molar-refractivity contribution in [1.82, 2.24) is 0 Å². The molecule has 6 heteroatoms. The van der Waals surface area contributed by atoms with Crippen LogP contribution in [0.15, 0.2) is 42.5 Å². The van der Waals surface area contributed by atoms with Crippen molar-refractivity contribution in [2.24, 2.45) is 0 Å². The number of benzene rings is 2. The molecule has 4 nitrogen and oxygen atoms in total. The predicted molar refractivity (Wildman–Crippen MR) is 86.6 cm³/mol. The average Bonchev–Trinajstić information content (AvgIpc) is 2.51. The number of esters is 1. The van der Waals surface area contributed by atoms with Crippen molar-refractivity contribution in [2.75, 3.05) is 12.4 Å². The molecule has 1 amide bonds. The fourth-order valence-electron chi connectivity index (χ4n) is 1.87. The fourth-order valence-corrected chi connectivity index (χ4v) is 2.41. The highest BCUT2D eigenvalue weighted by Gasteiger charge is 2.11. The number of carbonyl (C=O) groups is 2. The second-order valence-electron chi connectivity index (χ2n) is 4.49. The lowest BCUT2D eigenvalue weighted by Gasteiger charge is -2.08. The molecule has 0 saturated carbocycles. The summed E-state index contributed by atoms with van der Waals surface area (Å²) in [5, 5.41) is 3.62. The first-order valence-corrected chi connectivity index (χ1v) is 7.18. The van der Waals surface area contributed by atoms with Gasteiger partial charge in [0.25, 0.3) is 0 Å². The maximum absolute atomic E-state index is 12.0. The highest BCUT2D eigenvalue weighted by atomic mass is 35.5. The van der Waals surface area contributed by atoms with Gasteiger partial charge in [0.2, 0.25) is 5.91 Å². The lowest BCUT2D eigenvalue weighted by Crippen LogP contribution is -2.15. The lowest BCUT2D eigenvalue weighted by molar-refractivity contribution is -0.115. The van der Waals surface area contributed by atoms with E-state index in [4.69, 9.17) is 23.2 Å². The summed E-state index contributed by atoms with van der Waals surface area (Å²) in [4.78, 5) is 23.4. The molecule has 0 aliphatic carbocycles. The van der Waals surface area contributed by atoms with E-state index >= 15 is 0 Å². The first kappa shape index (κ1) is 16.3. The van der Waals surface area contributed by atoms with Gasteiger partial charge in [0, 0.05) is 15.7 Å². The highest BCUT2D eigenvalue weighted by Crippen LogP contribution is 2.25. The van der Waals surface area contributed by atoms with E-state index < -0.39 is 5.97 Å². The van der Waals surface area contributed by atoms with E-state index in [1.54, 1.807) is 42.5 Å². The number of nitrogens with one attached hydrogen (secondary N) is 1. The summed E-state index contributed by atoms with van der Waals surface area (Å²) in [6, 6.07) is 11.5. The first-order valence-electron chi connectivity index (χ1n) is 6.42. The van der Waals surface area contributed by atoms with Gasteiger partial charge in [-0.2, -0.15) is 0 Å². The smallest absolute Gasteiger partial charge is 0.337 e. The van der Waals surface area contributed by atoms with Crippen molar-refractivity contribution in [2.45, 2.75) is 6.42 Å². The summed E-state index contributed by atoms with van der Waals surface area (Å²) in [6.45, 7) is 0. The standard InChI is InChI=1S/C16H13Cl2NO3/c1-22-16(21)10-5-7-11(8-6-10)19-15(20)9-12-13(17)3-2-4-14(12)18/h2-8H,9H2,1H3,(H,19,20). The van der Waals surface area contributed by atoms with Gasteiger partial charge in [-0.3, -0.25) is 4.79 Å². The Kier molecular flexibility index (Phi) is 5.41. The summed E-state index contributed by atoms with van der Waals surface area (Å²) in [7, 11) is 1.31. The highest BCUT2D eigenvalue weighted by molar-refractivity contribution is 6.36. The van der Waals surface area contributed by atoms with Crippen LogP contribution in [0.25, 0.3) is 0 Å². The Labute approximate surface area is 138 Å². The number of methoxy groups -OCH3 is 1. The largest absolute Gasteiger partial charge is 0.465 e. The molecule has 0 radical (unpaired) electrons. The van der Waals surface area contributed by atoms with E-state index in [0.29, 0.717) is 26.9 Å². The number of ether oxygens (including phenoxy) is 1. The molecular weight excluding hydrogens is 325 g/mol. The van der Waals surface area contributed by atoms with Crippen molar-refractivity contribution in [3.05, 3.63) is 63.6 Å². The van der Waals surface area contributed by atoms with Gasteiger partial charge in [-0.1, -0.05) is 29.3 Å². The molecule has 2 rings (SSSR count). The molecule has 22 heavy (non-hydrogen) atoms. The molecule has 0 spiro atoms. The van der Waals surface area contributed by atoms with Crippen LogP contribution >= 0.6 is 23.2 Å². The fraction of sp³-hybridized carbons (Fsp3) is 0.125. The van der Waals surface area contributed by atoms with E-state index in [-0.39, 0.29) is 12.3 Å². The van der Waals surface area contributed by atoms with E-state index in [0.717, 1.165) is 0 Å². The molecule has 1 N–H and O–H groups in total. The molecule has 2 aromatic rings. The minimum Gasteiger partial charge on any atom is -0.465 e. The van der Waals surface area contributed by atoms with Gasteiger partial charge in [-0.05, 0) is 42.0 Å². The third-order valence-electron chi connectivity index (χ3n) is 2.99. The van der Waals surface area contributed by atoms with Gasteiger partial charge in [0.05, 0.1) is 19.1 Å². The molecule has 114 valence electrons. The van der Waals surface area contributed by atoms with Crippen LogP contribution in [0.4, 0.5) is 5.69 Å². The van der Waals surface area contributed by atoms with Crippen molar-refractivity contribution < 1.29 is 14.3 Å². The SMILES string of the molecule is COC(=O)c1ccc(NC(=O)Cc2c(Cl)cccc2Cl)cc1. The topological polar surface area (TPSA) is 55.4 Å². The maximum Gasteiger partial charge on any atom is 0.337 e. The van der Waals surface area contributed by atoms with Crippen LogP contribution in [0.5, 0.6) is 0 Å². The Hall–Kier alpha value is -2.04. The van der Waals surface area contributed by atoms with Gasteiger partial charge in [-0.15, -0.1) is 0 Å². The molecular formula is C16H13Cl2NO3. The van der Waals surface area contributed by atoms with Crippen LogP contribution in [0.1, 0.15) is 15.9 Å². The minimum absolute atomic E-state index is 0.0667. The van der Waals surface area contributed by atoms with Gasteiger partial charge < -0.3 is 10.1 Å². The van der Waals surface area contributed by atoms with Crippen LogP contribution < -0.4 is 5.32 Å². The Balaban J connectivity index is 2.05. The molecule has 0 heterocycles. The molecule has 0 bridgehead atoms. The zero-order chi connectivity index (χ0) is 16.1. The van der Waals surface area contributed by atoms with Gasteiger partial charge in [0.1, 0.15) is 0 Å². The Bertz CT molecular complexity index is 679. The predicted octanol–water partition coefficient (Wildman–Crippen LogP) is 3.96. The van der Waals surface area contributed by atoms with Crippen LogP contribution in [0, 0.1) is 0 Å². The minimum atomic E-state index is -0.430. The molecule has 0 aromatic heterocycles. The van der Waals surface area contributed by atoms with Gasteiger partial charge in [-0.25, -0.2) is 4.79 Å². The summed E-state index contributed by atoms with van der Waals surface area (Å²) in [5.74, 6) is -0.679. The molecule has 2 aromatic carbocycles. The van der Waals surface area contributed by atoms with Crippen molar-refractivity contribution in [1.29, 1.82) is 0 Å². The summed E-state index contributed by atoms with van der Waals surface area (Å²) in [6.07, 6.45) is 0.0667. The number of hydrogen-bond acceptors (Lipinski definition) is 3. The number of anilines is 1. The van der Waals surface area contributed by atoms with Crippen molar-refractivity contribution in [3.63, 3.8) is 0 Å². The Morgan fingerprint density at radius 2 is 1.64 bits per heavy atom. The number of rotatable bonds is 4. The van der Waals surface area contributed by atoms with Gasteiger partial charge in [0.15, 0.2) is 0 Å². The van der Waals surface area contributed by atoms with E-state index in [1.807, 2.05) is 0 Å². The number of hydrogen-bond donors (Lipinski definition) is 1. The monoisotopic (exact) mass is 337 g/mol. The third-order valence-corrected chi connectivity index (χ3v) is 3.70. The molecule has 0 aliphatic heterocycles. The number of amides is 1. The van der Waals surface area contributed by atoms with E-state index in [1.165, 1.54) is 7.11 Å². The molecule has 0 unspecified atom stereocenters. The quantitative estimate of drug-likeness (QED) is 0.859.